The Morgan fingerprint density at radius 3 is 3.00 bits per heavy atom. The highest BCUT2D eigenvalue weighted by molar-refractivity contribution is 5.75. The van der Waals surface area contributed by atoms with Crippen LogP contribution in [0.5, 0.6) is 0 Å². The molecule has 4 nitrogen and oxygen atoms in total. The number of carbonyl (C=O) groups is 1. The quantitative estimate of drug-likeness (QED) is 0.730. The fourth-order valence-corrected chi connectivity index (χ4v) is 1.22. The zero-order valence-electron chi connectivity index (χ0n) is 8.85. The van der Waals surface area contributed by atoms with E-state index >= 15 is 0 Å². The molecule has 2 N–H and O–H groups in total. The smallest absolute Gasteiger partial charge is 0.322 e. The van der Waals surface area contributed by atoms with Gasteiger partial charge in [-0.05, 0) is 31.9 Å². The van der Waals surface area contributed by atoms with Gasteiger partial charge in [-0.2, -0.15) is 0 Å². The number of aryl methyl sites for hydroxylation is 1. The molecule has 1 rings (SSSR count). The molecule has 0 aliphatic carbocycles. The highest BCUT2D eigenvalue weighted by Gasteiger charge is 2.14. The lowest BCUT2D eigenvalue weighted by atomic mass is 10.1. The van der Waals surface area contributed by atoms with E-state index in [0.717, 1.165) is 5.69 Å². The Labute approximate surface area is 89.5 Å². The molecular weight excluding hydrogens is 192 g/mol. The van der Waals surface area contributed by atoms with Crippen molar-refractivity contribution >= 4 is 5.97 Å². The second-order valence-electron chi connectivity index (χ2n) is 3.22. The third kappa shape index (κ3) is 4.08. The van der Waals surface area contributed by atoms with E-state index in [4.69, 9.17) is 10.5 Å². The Hall–Kier alpha value is -1.42. The predicted molar refractivity (Wildman–Crippen MR) is 57.2 cm³/mol. The first-order valence-corrected chi connectivity index (χ1v) is 5.06. The zero-order valence-corrected chi connectivity index (χ0v) is 8.85. The summed E-state index contributed by atoms with van der Waals surface area (Å²) in [6.45, 7) is 2.14. The highest BCUT2D eigenvalue weighted by Crippen LogP contribution is 2.01. The van der Waals surface area contributed by atoms with Crippen LogP contribution in [0.2, 0.25) is 0 Å². The first kappa shape index (κ1) is 11.7. The van der Waals surface area contributed by atoms with Gasteiger partial charge in [0.25, 0.3) is 0 Å². The molecule has 0 fully saturated rings. The van der Waals surface area contributed by atoms with Gasteiger partial charge in [-0.1, -0.05) is 6.07 Å². The highest BCUT2D eigenvalue weighted by atomic mass is 16.5. The Balaban J connectivity index is 2.34. The SMILES string of the molecule is CCOC(=O)C(N)CCc1ccccn1. The maximum absolute atomic E-state index is 11.2. The van der Waals surface area contributed by atoms with E-state index in [9.17, 15) is 4.79 Å². The number of ether oxygens (including phenoxy) is 1. The number of pyridine rings is 1. The lowest BCUT2D eigenvalue weighted by Gasteiger charge is -2.09. The molecule has 0 aromatic carbocycles. The van der Waals surface area contributed by atoms with E-state index in [2.05, 4.69) is 4.98 Å². The summed E-state index contributed by atoms with van der Waals surface area (Å²) < 4.78 is 4.81. The minimum Gasteiger partial charge on any atom is -0.465 e. The number of hydrogen-bond acceptors (Lipinski definition) is 4. The van der Waals surface area contributed by atoms with Crippen LogP contribution in [0.4, 0.5) is 0 Å². The number of carbonyl (C=O) groups excluding carboxylic acids is 1. The number of rotatable bonds is 5. The normalized spacial score (nSPS) is 12.1. The standard InChI is InChI=1S/C11H16N2O2/c1-2-15-11(14)10(12)7-6-9-5-3-4-8-13-9/h3-5,8,10H,2,6-7,12H2,1H3. The van der Waals surface area contributed by atoms with Crippen LogP contribution in [0.15, 0.2) is 24.4 Å². The second-order valence-corrected chi connectivity index (χ2v) is 3.22. The molecule has 4 heteroatoms. The average molecular weight is 208 g/mol. The first-order valence-electron chi connectivity index (χ1n) is 5.06. The zero-order chi connectivity index (χ0) is 11.1. The van der Waals surface area contributed by atoms with Crippen LogP contribution in [0, 0.1) is 0 Å². The molecule has 1 heterocycles. The van der Waals surface area contributed by atoms with Crippen LogP contribution >= 0.6 is 0 Å². The fraction of sp³-hybridized carbons (Fsp3) is 0.455. The third-order valence-corrected chi connectivity index (χ3v) is 2.03. The third-order valence-electron chi connectivity index (χ3n) is 2.03. The van der Waals surface area contributed by atoms with Crippen molar-refractivity contribution in [3.63, 3.8) is 0 Å². The van der Waals surface area contributed by atoms with Gasteiger partial charge in [-0.25, -0.2) is 0 Å². The molecule has 1 aromatic rings. The summed E-state index contributed by atoms with van der Waals surface area (Å²) in [5, 5.41) is 0. The molecule has 0 amide bonds. The minimum atomic E-state index is -0.549. The van der Waals surface area contributed by atoms with E-state index in [1.165, 1.54) is 0 Å². The van der Waals surface area contributed by atoms with Gasteiger partial charge in [0.2, 0.25) is 0 Å². The van der Waals surface area contributed by atoms with E-state index in [-0.39, 0.29) is 5.97 Å². The molecule has 0 radical (unpaired) electrons. The van der Waals surface area contributed by atoms with Gasteiger partial charge < -0.3 is 10.5 Å². The molecule has 0 bridgehead atoms. The average Bonchev–Trinajstić information content (AvgIpc) is 2.27. The van der Waals surface area contributed by atoms with Crippen molar-refractivity contribution in [2.24, 2.45) is 5.73 Å². The van der Waals surface area contributed by atoms with E-state index < -0.39 is 6.04 Å². The molecule has 1 atom stereocenters. The molecule has 82 valence electrons. The number of hydrogen-bond donors (Lipinski definition) is 1. The molecule has 0 spiro atoms. The minimum absolute atomic E-state index is 0.339. The van der Waals surface area contributed by atoms with Crippen molar-refractivity contribution < 1.29 is 9.53 Å². The summed E-state index contributed by atoms with van der Waals surface area (Å²) in [6, 6.07) is 5.14. The van der Waals surface area contributed by atoms with E-state index in [1.807, 2.05) is 18.2 Å². The van der Waals surface area contributed by atoms with Gasteiger partial charge in [-0.3, -0.25) is 9.78 Å². The van der Waals surface area contributed by atoms with Gasteiger partial charge in [0.05, 0.1) is 6.61 Å². The van der Waals surface area contributed by atoms with Crippen molar-refractivity contribution in [3.05, 3.63) is 30.1 Å². The lowest BCUT2D eigenvalue weighted by molar-refractivity contribution is -0.144. The van der Waals surface area contributed by atoms with Crippen molar-refractivity contribution in [2.45, 2.75) is 25.8 Å². The predicted octanol–water partition coefficient (Wildman–Crippen LogP) is 0.905. The Morgan fingerprint density at radius 1 is 1.60 bits per heavy atom. The Morgan fingerprint density at radius 2 is 2.40 bits per heavy atom. The van der Waals surface area contributed by atoms with Crippen LogP contribution in [0.25, 0.3) is 0 Å². The van der Waals surface area contributed by atoms with Crippen molar-refractivity contribution in [3.8, 4) is 0 Å². The topological polar surface area (TPSA) is 65.2 Å². The van der Waals surface area contributed by atoms with Gasteiger partial charge in [0.1, 0.15) is 6.04 Å². The van der Waals surface area contributed by atoms with Crippen LogP contribution in [-0.2, 0) is 16.0 Å². The first-order chi connectivity index (χ1) is 7.24. The molecule has 1 aromatic heterocycles. The van der Waals surface area contributed by atoms with E-state index in [1.54, 1.807) is 13.1 Å². The summed E-state index contributed by atoms with van der Waals surface area (Å²) in [6.07, 6.45) is 2.99. The summed E-state index contributed by atoms with van der Waals surface area (Å²) >= 11 is 0. The number of nitrogens with zero attached hydrogens (tertiary/aromatic N) is 1. The van der Waals surface area contributed by atoms with Crippen LogP contribution in [0.1, 0.15) is 19.0 Å². The Kier molecular flexibility index (Phi) is 4.77. The number of aromatic nitrogens is 1. The fourth-order valence-electron chi connectivity index (χ4n) is 1.22. The van der Waals surface area contributed by atoms with Crippen LogP contribution in [0.3, 0.4) is 0 Å². The van der Waals surface area contributed by atoms with Crippen molar-refractivity contribution in [2.75, 3.05) is 6.61 Å². The molecule has 0 aliphatic heterocycles. The van der Waals surface area contributed by atoms with Gasteiger partial charge in [0, 0.05) is 11.9 Å². The van der Waals surface area contributed by atoms with Crippen LogP contribution < -0.4 is 5.73 Å². The summed E-state index contributed by atoms with van der Waals surface area (Å²) in [5.41, 5.74) is 6.59. The van der Waals surface area contributed by atoms with Gasteiger partial charge in [0.15, 0.2) is 0 Å². The largest absolute Gasteiger partial charge is 0.465 e. The second kappa shape index (κ2) is 6.14. The molecule has 0 aliphatic rings. The van der Waals surface area contributed by atoms with Gasteiger partial charge in [-0.15, -0.1) is 0 Å². The molecule has 0 saturated carbocycles. The summed E-state index contributed by atoms with van der Waals surface area (Å²) in [5.74, 6) is -0.339. The maximum atomic E-state index is 11.2. The lowest BCUT2D eigenvalue weighted by Crippen LogP contribution is -2.32. The van der Waals surface area contributed by atoms with Crippen LogP contribution in [-0.4, -0.2) is 23.6 Å². The van der Waals surface area contributed by atoms with Crippen molar-refractivity contribution in [1.29, 1.82) is 0 Å². The number of esters is 1. The molecule has 1 unspecified atom stereocenters. The monoisotopic (exact) mass is 208 g/mol. The van der Waals surface area contributed by atoms with Crippen molar-refractivity contribution in [1.82, 2.24) is 4.98 Å². The van der Waals surface area contributed by atoms with Gasteiger partial charge >= 0.3 is 5.97 Å². The molecule has 15 heavy (non-hydrogen) atoms. The molecule has 0 saturated heterocycles. The maximum Gasteiger partial charge on any atom is 0.322 e. The van der Waals surface area contributed by atoms with E-state index in [0.29, 0.717) is 19.4 Å². The summed E-state index contributed by atoms with van der Waals surface area (Å²) in [7, 11) is 0. The number of nitrogens with two attached hydrogens (primary N) is 1. The molecular formula is C11H16N2O2. The Bertz CT molecular complexity index is 301. The summed E-state index contributed by atoms with van der Waals surface area (Å²) in [4.78, 5) is 15.3.